The Balaban J connectivity index is 2.57. The van der Waals surface area contributed by atoms with Gasteiger partial charge in [-0.1, -0.05) is 27.5 Å². The molecule has 2 rings (SSSR count). The lowest BCUT2D eigenvalue weighted by molar-refractivity contribution is 0.399. The van der Waals surface area contributed by atoms with E-state index in [9.17, 15) is 0 Å². The summed E-state index contributed by atoms with van der Waals surface area (Å²) in [6, 6.07) is 5.33. The van der Waals surface area contributed by atoms with Gasteiger partial charge in [0.1, 0.15) is 5.69 Å². The van der Waals surface area contributed by atoms with Crippen molar-refractivity contribution in [2.45, 2.75) is 19.5 Å². The Morgan fingerprint density at radius 3 is 2.90 bits per heavy atom. The zero-order chi connectivity index (χ0) is 14.7. The Morgan fingerprint density at radius 2 is 2.30 bits per heavy atom. The third kappa shape index (κ3) is 2.83. The molecule has 3 N–H and O–H groups in total. The maximum atomic E-state index is 6.29. The van der Waals surface area contributed by atoms with Gasteiger partial charge in [0.25, 0.3) is 0 Å². The first kappa shape index (κ1) is 15.3. The zero-order valence-corrected chi connectivity index (χ0v) is 13.6. The number of methoxy groups -OCH3 is 1. The number of nitrogens with two attached hydrogens (primary N) is 1. The second-order valence-electron chi connectivity index (χ2n) is 4.18. The van der Waals surface area contributed by atoms with Crippen LogP contribution >= 0.6 is 27.5 Å². The number of nitrogens with one attached hydrogen (secondary N) is 1. The van der Waals surface area contributed by atoms with Gasteiger partial charge in [0, 0.05) is 16.0 Å². The minimum absolute atomic E-state index is 0.308. The van der Waals surface area contributed by atoms with E-state index in [1.54, 1.807) is 13.3 Å². The molecule has 2 aromatic rings. The van der Waals surface area contributed by atoms with E-state index in [1.165, 1.54) is 0 Å². The summed E-state index contributed by atoms with van der Waals surface area (Å²) in [6.07, 6.45) is 1.68. The van der Waals surface area contributed by atoms with Gasteiger partial charge in [0.2, 0.25) is 0 Å². The average Bonchev–Trinajstić information content (AvgIpc) is 2.86. The smallest absolute Gasteiger partial charge is 0.161 e. The van der Waals surface area contributed by atoms with E-state index < -0.39 is 0 Å². The Labute approximate surface area is 131 Å². The van der Waals surface area contributed by atoms with Crippen LogP contribution < -0.4 is 16.0 Å². The molecule has 0 bridgehead atoms. The molecule has 20 heavy (non-hydrogen) atoms. The SMILES string of the molecule is CCn1ncc(OC)c1C(NN)c1cc(Br)ccc1Cl. The van der Waals surface area contributed by atoms with Crippen LogP contribution in [0.4, 0.5) is 0 Å². The molecule has 0 aliphatic heterocycles. The Bertz CT molecular complexity index is 581. The van der Waals surface area contributed by atoms with Gasteiger partial charge in [-0.2, -0.15) is 5.10 Å². The summed E-state index contributed by atoms with van der Waals surface area (Å²) in [5, 5.41) is 4.92. The van der Waals surface area contributed by atoms with Crippen LogP contribution in [0.15, 0.2) is 28.9 Å². The van der Waals surface area contributed by atoms with Crippen molar-refractivity contribution in [3.05, 3.63) is 45.1 Å². The lowest BCUT2D eigenvalue weighted by Gasteiger charge is -2.20. The third-order valence-electron chi connectivity index (χ3n) is 3.07. The average molecular weight is 360 g/mol. The van der Waals surface area contributed by atoms with E-state index in [2.05, 4.69) is 26.5 Å². The first-order valence-electron chi connectivity index (χ1n) is 6.13. The summed E-state index contributed by atoms with van der Waals surface area (Å²) in [5.74, 6) is 6.41. The van der Waals surface area contributed by atoms with Crippen LogP contribution in [0.5, 0.6) is 5.75 Å². The fourth-order valence-corrected chi connectivity index (χ4v) is 2.74. The van der Waals surface area contributed by atoms with Gasteiger partial charge in [0.15, 0.2) is 5.75 Å². The molecule has 0 radical (unpaired) electrons. The predicted octanol–water partition coefficient (Wildman–Crippen LogP) is 2.88. The maximum Gasteiger partial charge on any atom is 0.161 e. The van der Waals surface area contributed by atoms with Crippen LogP contribution in [0.25, 0.3) is 0 Å². The summed E-state index contributed by atoms with van der Waals surface area (Å²) in [6.45, 7) is 2.72. The van der Waals surface area contributed by atoms with Crippen LogP contribution in [0, 0.1) is 0 Å². The topological polar surface area (TPSA) is 65.1 Å². The highest BCUT2D eigenvalue weighted by Crippen LogP contribution is 2.34. The van der Waals surface area contributed by atoms with E-state index in [4.69, 9.17) is 22.2 Å². The summed E-state index contributed by atoms with van der Waals surface area (Å²) in [7, 11) is 1.61. The molecule has 1 unspecified atom stereocenters. The molecule has 0 saturated heterocycles. The highest BCUT2D eigenvalue weighted by atomic mass is 79.9. The Hall–Kier alpha value is -1.08. The normalized spacial score (nSPS) is 12.4. The van der Waals surface area contributed by atoms with Crippen molar-refractivity contribution in [1.29, 1.82) is 0 Å². The molecular formula is C13H16BrClN4O. The Kier molecular flexibility index (Phi) is 5.04. The number of hydrogen-bond donors (Lipinski definition) is 2. The lowest BCUT2D eigenvalue weighted by atomic mass is 10.0. The zero-order valence-electron chi connectivity index (χ0n) is 11.2. The molecule has 1 heterocycles. The second kappa shape index (κ2) is 6.58. The van der Waals surface area contributed by atoms with Gasteiger partial charge >= 0.3 is 0 Å². The van der Waals surface area contributed by atoms with Crippen molar-refractivity contribution in [3.63, 3.8) is 0 Å². The number of halogens is 2. The van der Waals surface area contributed by atoms with Gasteiger partial charge in [-0.3, -0.25) is 10.5 Å². The quantitative estimate of drug-likeness (QED) is 0.636. The third-order valence-corrected chi connectivity index (χ3v) is 3.91. The monoisotopic (exact) mass is 358 g/mol. The fourth-order valence-electron chi connectivity index (χ4n) is 2.13. The molecular weight excluding hydrogens is 344 g/mol. The highest BCUT2D eigenvalue weighted by Gasteiger charge is 2.24. The van der Waals surface area contributed by atoms with Gasteiger partial charge in [0.05, 0.1) is 19.3 Å². The molecule has 1 aromatic heterocycles. The molecule has 0 aliphatic carbocycles. The standard InChI is InChI=1S/C13H16BrClN4O/c1-3-19-13(11(20-2)7-17-19)12(18-16)9-6-8(14)4-5-10(9)15/h4-7,12,18H,3,16H2,1-2H3. The second-order valence-corrected chi connectivity index (χ2v) is 5.50. The van der Waals surface area contributed by atoms with Gasteiger partial charge in [-0.05, 0) is 30.7 Å². The van der Waals surface area contributed by atoms with E-state index in [0.717, 1.165) is 15.7 Å². The van der Waals surface area contributed by atoms with Crippen molar-refractivity contribution >= 4 is 27.5 Å². The van der Waals surface area contributed by atoms with Crippen molar-refractivity contribution in [2.75, 3.05) is 7.11 Å². The molecule has 1 aromatic carbocycles. The Morgan fingerprint density at radius 1 is 1.55 bits per heavy atom. The van der Waals surface area contributed by atoms with Crippen LogP contribution in [0.3, 0.4) is 0 Å². The minimum Gasteiger partial charge on any atom is -0.493 e. The van der Waals surface area contributed by atoms with Crippen molar-refractivity contribution in [2.24, 2.45) is 5.84 Å². The molecule has 0 saturated carbocycles. The molecule has 1 atom stereocenters. The van der Waals surface area contributed by atoms with Gasteiger partial charge < -0.3 is 4.74 Å². The van der Waals surface area contributed by atoms with Crippen LogP contribution in [-0.4, -0.2) is 16.9 Å². The number of ether oxygens (including phenoxy) is 1. The summed E-state index contributed by atoms with van der Waals surface area (Å²) >= 11 is 9.74. The number of aryl methyl sites for hydroxylation is 1. The number of aromatic nitrogens is 2. The predicted molar refractivity (Wildman–Crippen MR) is 82.8 cm³/mol. The van der Waals surface area contributed by atoms with Crippen molar-refractivity contribution in [1.82, 2.24) is 15.2 Å². The van der Waals surface area contributed by atoms with Gasteiger partial charge in [-0.15, -0.1) is 0 Å². The molecule has 7 heteroatoms. The number of nitrogens with zero attached hydrogens (tertiary/aromatic N) is 2. The summed E-state index contributed by atoms with van der Waals surface area (Å²) in [5.41, 5.74) is 4.50. The van der Waals surface area contributed by atoms with Crippen LogP contribution in [0.1, 0.15) is 24.2 Å². The molecule has 0 amide bonds. The van der Waals surface area contributed by atoms with Crippen LogP contribution in [-0.2, 0) is 6.54 Å². The fraction of sp³-hybridized carbons (Fsp3) is 0.308. The van der Waals surface area contributed by atoms with E-state index in [-0.39, 0.29) is 6.04 Å². The van der Waals surface area contributed by atoms with E-state index in [1.807, 2.05) is 29.8 Å². The van der Waals surface area contributed by atoms with Gasteiger partial charge in [-0.25, -0.2) is 5.43 Å². The summed E-state index contributed by atoms with van der Waals surface area (Å²) in [4.78, 5) is 0. The first-order valence-corrected chi connectivity index (χ1v) is 7.30. The maximum absolute atomic E-state index is 6.29. The molecule has 108 valence electrons. The van der Waals surface area contributed by atoms with Crippen molar-refractivity contribution < 1.29 is 4.74 Å². The molecule has 5 nitrogen and oxygen atoms in total. The van der Waals surface area contributed by atoms with E-state index >= 15 is 0 Å². The molecule has 0 aliphatic rings. The number of rotatable bonds is 5. The van der Waals surface area contributed by atoms with Crippen molar-refractivity contribution in [3.8, 4) is 5.75 Å². The number of benzene rings is 1. The number of hydrazine groups is 1. The first-order chi connectivity index (χ1) is 9.62. The molecule has 0 spiro atoms. The largest absolute Gasteiger partial charge is 0.493 e. The number of hydrogen-bond acceptors (Lipinski definition) is 4. The van der Waals surface area contributed by atoms with Crippen LogP contribution in [0.2, 0.25) is 5.02 Å². The summed E-state index contributed by atoms with van der Waals surface area (Å²) < 4.78 is 8.13. The van der Waals surface area contributed by atoms with E-state index in [0.29, 0.717) is 17.3 Å². The molecule has 0 fully saturated rings. The highest BCUT2D eigenvalue weighted by molar-refractivity contribution is 9.10. The minimum atomic E-state index is -0.308. The lowest BCUT2D eigenvalue weighted by Crippen LogP contribution is -2.31.